The van der Waals surface area contributed by atoms with Crippen LogP contribution in [0.3, 0.4) is 0 Å². The minimum atomic E-state index is -0.181. The highest BCUT2D eigenvalue weighted by Gasteiger charge is 2.22. The van der Waals surface area contributed by atoms with E-state index >= 15 is 0 Å². The molecule has 0 aliphatic rings. The summed E-state index contributed by atoms with van der Waals surface area (Å²) < 4.78 is 7.04. The highest BCUT2D eigenvalue weighted by Crippen LogP contribution is 2.31. The molecular weight excluding hydrogens is 424 g/mol. The molecule has 1 amide bonds. The smallest absolute Gasteiger partial charge is 0.262 e. The zero-order valence-electron chi connectivity index (χ0n) is 18.1. The van der Waals surface area contributed by atoms with Gasteiger partial charge < -0.3 is 10.1 Å². The van der Waals surface area contributed by atoms with Crippen molar-refractivity contribution >= 4 is 40.0 Å². The Morgan fingerprint density at radius 3 is 2.41 bits per heavy atom. The summed E-state index contributed by atoms with van der Waals surface area (Å²) in [5.74, 6) is 0.331. The fourth-order valence-corrected chi connectivity index (χ4v) is 3.99. The molecule has 4 aromatic rings. The van der Waals surface area contributed by atoms with Crippen LogP contribution >= 0.6 is 11.6 Å². The first-order valence-electron chi connectivity index (χ1n) is 10.2. The largest absolute Gasteiger partial charge is 0.497 e. The summed E-state index contributed by atoms with van der Waals surface area (Å²) in [7, 11) is 1.59. The zero-order valence-corrected chi connectivity index (χ0v) is 18.9. The Morgan fingerprint density at radius 1 is 1.00 bits per heavy atom. The van der Waals surface area contributed by atoms with Crippen molar-refractivity contribution in [3.8, 4) is 5.75 Å². The molecule has 0 atom stereocenters. The number of methoxy groups -OCH3 is 1. The van der Waals surface area contributed by atoms with Crippen molar-refractivity contribution in [2.45, 2.75) is 20.3 Å². The number of hydrogen-bond acceptors (Lipinski definition) is 3. The van der Waals surface area contributed by atoms with E-state index in [4.69, 9.17) is 16.3 Å². The maximum Gasteiger partial charge on any atom is 0.262 e. The van der Waals surface area contributed by atoms with Crippen LogP contribution in [-0.4, -0.2) is 23.5 Å². The standard InChI is InChI=1S/C26H23ClN2O3/c1-16-6-4-5-7-23(16)28-25(30)15-21-17(2)29(24-13-12-20(32-3)14-22(21)24)26(31)18-8-10-19(27)11-9-18/h4-14H,15H2,1-3H3,(H,28,30). The number of carbonyl (C=O) groups is 2. The van der Waals surface area contributed by atoms with E-state index in [2.05, 4.69) is 5.32 Å². The monoisotopic (exact) mass is 446 g/mol. The van der Waals surface area contributed by atoms with Gasteiger partial charge in [0.25, 0.3) is 5.91 Å². The van der Waals surface area contributed by atoms with E-state index < -0.39 is 0 Å². The molecule has 32 heavy (non-hydrogen) atoms. The molecule has 0 unspecified atom stereocenters. The molecule has 6 heteroatoms. The van der Waals surface area contributed by atoms with E-state index in [1.807, 2.05) is 56.3 Å². The number of aromatic nitrogens is 1. The van der Waals surface area contributed by atoms with Crippen molar-refractivity contribution in [2.75, 3.05) is 12.4 Å². The Kier molecular flexibility index (Phi) is 6.01. The maximum absolute atomic E-state index is 13.4. The summed E-state index contributed by atoms with van der Waals surface area (Å²) in [6.45, 7) is 3.80. The van der Waals surface area contributed by atoms with Crippen LogP contribution < -0.4 is 10.1 Å². The molecule has 0 aliphatic carbocycles. The fraction of sp³-hybridized carbons (Fsp3) is 0.154. The summed E-state index contributed by atoms with van der Waals surface area (Å²) in [6.07, 6.45) is 0.130. The van der Waals surface area contributed by atoms with Gasteiger partial charge >= 0.3 is 0 Å². The van der Waals surface area contributed by atoms with Crippen molar-refractivity contribution in [2.24, 2.45) is 0 Å². The zero-order chi connectivity index (χ0) is 22.8. The van der Waals surface area contributed by atoms with E-state index in [0.717, 1.165) is 27.7 Å². The number of aryl methyl sites for hydroxylation is 1. The van der Waals surface area contributed by atoms with E-state index in [1.165, 1.54) is 0 Å². The molecule has 5 nitrogen and oxygen atoms in total. The van der Waals surface area contributed by atoms with E-state index in [9.17, 15) is 9.59 Å². The molecule has 0 fully saturated rings. The summed E-state index contributed by atoms with van der Waals surface area (Å²) >= 11 is 5.98. The highest BCUT2D eigenvalue weighted by molar-refractivity contribution is 6.30. The number of para-hydroxylation sites is 1. The predicted molar refractivity (Wildman–Crippen MR) is 128 cm³/mol. The first-order valence-corrected chi connectivity index (χ1v) is 10.6. The number of anilines is 1. The van der Waals surface area contributed by atoms with Crippen molar-refractivity contribution in [3.05, 3.63) is 94.1 Å². The van der Waals surface area contributed by atoms with Crippen LogP contribution in [0.25, 0.3) is 10.9 Å². The predicted octanol–water partition coefficient (Wildman–Crippen LogP) is 5.79. The summed E-state index contributed by atoms with van der Waals surface area (Å²) in [5, 5.41) is 4.35. The van der Waals surface area contributed by atoms with Crippen molar-refractivity contribution in [3.63, 3.8) is 0 Å². The van der Waals surface area contributed by atoms with Crippen LogP contribution in [0.2, 0.25) is 5.02 Å². The Labute approximate surface area is 191 Å². The Balaban J connectivity index is 1.77. The third-order valence-corrected chi connectivity index (χ3v) is 5.84. The molecule has 0 saturated heterocycles. The van der Waals surface area contributed by atoms with E-state index in [0.29, 0.717) is 22.0 Å². The minimum absolute atomic E-state index is 0.130. The molecule has 0 bridgehead atoms. The van der Waals surface area contributed by atoms with Gasteiger partial charge in [0.05, 0.1) is 19.0 Å². The lowest BCUT2D eigenvalue weighted by Crippen LogP contribution is -2.17. The van der Waals surface area contributed by atoms with Crippen LogP contribution in [0, 0.1) is 13.8 Å². The number of nitrogens with zero attached hydrogens (tertiary/aromatic N) is 1. The lowest BCUT2D eigenvalue weighted by Gasteiger charge is -2.09. The molecule has 1 heterocycles. The molecule has 4 rings (SSSR count). The number of hydrogen-bond donors (Lipinski definition) is 1. The van der Waals surface area contributed by atoms with Crippen molar-refractivity contribution in [1.82, 2.24) is 4.57 Å². The number of fused-ring (bicyclic) bond motifs is 1. The molecular formula is C26H23ClN2O3. The Bertz CT molecular complexity index is 1320. The number of amides is 1. The normalized spacial score (nSPS) is 10.9. The van der Waals surface area contributed by atoms with Crippen LogP contribution in [-0.2, 0) is 11.2 Å². The van der Waals surface area contributed by atoms with Gasteiger partial charge in [-0.3, -0.25) is 14.2 Å². The lowest BCUT2D eigenvalue weighted by molar-refractivity contribution is -0.115. The van der Waals surface area contributed by atoms with Gasteiger partial charge in [-0.25, -0.2) is 0 Å². The van der Waals surface area contributed by atoms with E-state index in [-0.39, 0.29) is 18.2 Å². The van der Waals surface area contributed by atoms with Gasteiger partial charge in [0, 0.05) is 27.4 Å². The fourth-order valence-electron chi connectivity index (χ4n) is 3.86. The Hall–Kier alpha value is -3.57. The quantitative estimate of drug-likeness (QED) is 0.422. The average Bonchev–Trinajstić information content (AvgIpc) is 3.06. The molecule has 1 aromatic heterocycles. The topological polar surface area (TPSA) is 60.3 Å². The average molecular weight is 447 g/mol. The van der Waals surface area contributed by atoms with E-state index in [1.54, 1.807) is 35.9 Å². The molecule has 3 aromatic carbocycles. The minimum Gasteiger partial charge on any atom is -0.497 e. The first kappa shape index (κ1) is 21.7. The molecule has 0 saturated carbocycles. The molecule has 0 aliphatic heterocycles. The third-order valence-electron chi connectivity index (χ3n) is 5.59. The van der Waals surface area contributed by atoms with Crippen LogP contribution in [0.15, 0.2) is 66.7 Å². The number of carbonyl (C=O) groups excluding carboxylic acids is 2. The van der Waals surface area contributed by atoms with Gasteiger partial charge in [0.1, 0.15) is 5.75 Å². The Morgan fingerprint density at radius 2 is 1.72 bits per heavy atom. The molecule has 0 spiro atoms. The third kappa shape index (κ3) is 4.12. The molecule has 0 radical (unpaired) electrons. The highest BCUT2D eigenvalue weighted by atomic mass is 35.5. The second-order valence-corrected chi connectivity index (χ2v) is 8.07. The SMILES string of the molecule is COc1ccc2c(c1)c(CC(=O)Nc1ccccc1C)c(C)n2C(=O)c1ccc(Cl)cc1. The summed E-state index contributed by atoms with van der Waals surface area (Å²) in [6, 6.07) is 19.9. The lowest BCUT2D eigenvalue weighted by atomic mass is 10.1. The van der Waals surface area contributed by atoms with Gasteiger partial charge in [-0.05, 0) is 73.5 Å². The van der Waals surface area contributed by atoms with Gasteiger partial charge in [-0.1, -0.05) is 29.8 Å². The number of nitrogens with one attached hydrogen (secondary N) is 1. The van der Waals surface area contributed by atoms with Crippen LogP contribution in [0.5, 0.6) is 5.75 Å². The maximum atomic E-state index is 13.4. The van der Waals surface area contributed by atoms with Gasteiger partial charge in [-0.2, -0.15) is 0 Å². The van der Waals surface area contributed by atoms with Crippen LogP contribution in [0.1, 0.15) is 27.2 Å². The van der Waals surface area contributed by atoms with Crippen LogP contribution in [0.4, 0.5) is 5.69 Å². The van der Waals surface area contributed by atoms with Gasteiger partial charge in [-0.15, -0.1) is 0 Å². The molecule has 1 N–H and O–H groups in total. The number of benzene rings is 3. The number of ether oxygens (including phenoxy) is 1. The number of rotatable bonds is 5. The van der Waals surface area contributed by atoms with Gasteiger partial charge in [0.15, 0.2) is 0 Å². The summed E-state index contributed by atoms with van der Waals surface area (Å²) in [4.78, 5) is 26.3. The number of halogens is 1. The molecule has 162 valence electrons. The van der Waals surface area contributed by atoms with Crippen molar-refractivity contribution in [1.29, 1.82) is 0 Å². The second-order valence-electron chi connectivity index (χ2n) is 7.63. The summed E-state index contributed by atoms with van der Waals surface area (Å²) in [5.41, 5.74) is 4.50. The van der Waals surface area contributed by atoms with Crippen molar-refractivity contribution < 1.29 is 14.3 Å². The first-order chi connectivity index (χ1) is 15.4. The van der Waals surface area contributed by atoms with Gasteiger partial charge in [0.2, 0.25) is 5.91 Å². The second kappa shape index (κ2) is 8.89.